The molecule has 4 heterocycles. The first-order valence-electron chi connectivity index (χ1n) is 10.7. The van der Waals surface area contributed by atoms with Crippen molar-refractivity contribution in [3.05, 3.63) is 66.4 Å². The van der Waals surface area contributed by atoms with E-state index in [2.05, 4.69) is 37.0 Å². The fourth-order valence-corrected chi connectivity index (χ4v) is 4.20. The Morgan fingerprint density at radius 3 is 2.65 bits per heavy atom. The molecule has 160 valence electrons. The number of benzene rings is 1. The monoisotopic (exact) mass is 420 g/mol. The van der Waals surface area contributed by atoms with Crippen LogP contribution in [0.25, 0.3) is 16.7 Å². The maximum absolute atomic E-state index is 13.7. The molecule has 0 bridgehead atoms. The maximum Gasteiger partial charge on any atom is 0.175 e. The minimum atomic E-state index is -0.192. The highest BCUT2D eigenvalue weighted by Crippen LogP contribution is 2.29. The molecule has 31 heavy (non-hydrogen) atoms. The molecule has 1 aliphatic rings. The van der Waals surface area contributed by atoms with Crippen molar-refractivity contribution in [2.24, 2.45) is 0 Å². The van der Waals surface area contributed by atoms with E-state index in [1.807, 2.05) is 31.3 Å². The molecule has 0 radical (unpaired) electrons. The van der Waals surface area contributed by atoms with Crippen LogP contribution in [0, 0.1) is 5.82 Å². The summed E-state index contributed by atoms with van der Waals surface area (Å²) in [6.45, 7) is 4.95. The van der Waals surface area contributed by atoms with Gasteiger partial charge >= 0.3 is 0 Å². The number of nitrogens with zero attached hydrogens (tertiary/aromatic N) is 6. The number of fused-ring (bicyclic) bond motifs is 1. The first-order valence-corrected chi connectivity index (χ1v) is 10.7. The Hall–Kier alpha value is -3.26. The Morgan fingerprint density at radius 2 is 1.87 bits per heavy atom. The van der Waals surface area contributed by atoms with Crippen LogP contribution in [0.2, 0.25) is 0 Å². The molecule has 0 aliphatic carbocycles. The van der Waals surface area contributed by atoms with Crippen LogP contribution in [-0.2, 0) is 11.3 Å². The van der Waals surface area contributed by atoms with Crippen LogP contribution >= 0.6 is 0 Å². The van der Waals surface area contributed by atoms with Crippen LogP contribution in [0.1, 0.15) is 31.4 Å². The average Bonchev–Trinajstić information content (AvgIpc) is 3.45. The van der Waals surface area contributed by atoms with Gasteiger partial charge in [0.15, 0.2) is 11.6 Å². The average molecular weight is 420 g/mol. The minimum absolute atomic E-state index is 0.192. The van der Waals surface area contributed by atoms with E-state index < -0.39 is 0 Å². The lowest BCUT2D eigenvalue weighted by atomic mass is 10.0. The quantitative estimate of drug-likeness (QED) is 0.469. The summed E-state index contributed by atoms with van der Waals surface area (Å²) >= 11 is 0. The molecule has 4 aromatic rings. The summed E-state index contributed by atoms with van der Waals surface area (Å²) < 4.78 is 23.0. The third kappa shape index (κ3) is 4.03. The van der Waals surface area contributed by atoms with Gasteiger partial charge in [-0.1, -0.05) is 0 Å². The predicted molar refractivity (Wildman–Crippen MR) is 117 cm³/mol. The summed E-state index contributed by atoms with van der Waals surface area (Å²) in [7, 11) is 0. The smallest absolute Gasteiger partial charge is 0.175 e. The molecule has 0 amide bonds. The van der Waals surface area contributed by atoms with Crippen molar-refractivity contribution >= 4 is 16.7 Å². The van der Waals surface area contributed by atoms with E-state index in [9.17, 15) is 4.39 Å². The Bertz CT molecular complexity index is 1160. The van der Waals surface area contributed by atoms with Gasteiger partial charge in [-0.2, -0.15) is 5.10 Å². The number of aromatic nitrogens is 5. The van der Waals surface area contributed by atoms with Crippen molar-refractivity contribution in [1.82, 2.24) is 24.5 Å². The van der Waals surface area contributed by atoms with Gasteiger partial charge in [0, 0.05) is 43.7 Å². The van der Waals surface area contributed by atoms with E-state index in [0.29, 0.717) is 25.1 Å². The largest absolute Gasteiger partial charge is 0.377 e. The summed E-state index contributed by atoms with van der Waals surface area (Å²) in [6, 6.07) is 11.3. The maximum atomic E-state index is 13.7. The number of ether oxygens (including phenoxy) is 1. The van der Waals surface area contributed by atoms with Crippen molar-refractivity contribution in [3.8, 4) is 5.82 Å². The lowest BCUT2D eigenvalue weighted by molar-refractivity contribution is 0.134. The van der Waals surface area contributed by atoms with Gasteiger partial charge in [0.25, 0.3) is 0 Å². The van der Waals surface area contributed by atoms with E-state index in [0.717, 1.165) is 48.2 Å². The van der Waals surface area contributed by atoms with Crippen LogP contribution < -0.4 is 4.90 Å². The first kappa shape index (κ1) is 19.7. The lowest BCUT2D eigenvalue weighted by Crippen LogP contribution is -2.35. The molecular formula is C23H25FN6O. The molecule has 0 saturated carbocycles. The second-order valence-electron chi connectivity index (χ2n) is 7.82. The summed E-state index contributed by atoms with van der Waals surface area (Å²) in [6.07, 6.45) is 7.72. The highest BCUT2D eigenvalue weighted by atomic mass is 19.1. The summed E-state index contributed by atoms with van der Waals surface area (Å²) in [5.41, 5.74) is 1.97. The standard InChI is InChI=1S/C23H25FN6O/c1-2-31-16-17-14-25-30(15-17)23-6-5-22(26-27-23)28-10-8-20(9-11-28)29-12-7-18-3-4-19(24)13-21(18)29/h3-7,12-15,20H,2,8-11,16H2,1H3. The third-order valence-electron chi connectivity index (χ3n) is 5.85. The van der Waals surface area contributed by atoms with Crippen LogP contribution in [0.3, 0.4) is 0 Å². The van der Waals surface area contributed by atoms with E-state index in [4.69, 9.17) is 4.74 Å². The van der Waals surface area contributed by atoms with Gasteiger partial charge in [0.05, 0.1) is 18.3 Å². The van der Waals surface area contributed by atoms with Crippen LogP contribution in [0.15, 0.2) is 55.0 Å². The zero-order chi connectivity index (χ0) is 21.2. The molecule has 7 nitrogen and oxygen atoms in total. The molecule has 0 N–H and O–H groups in total. The van der Waals surface area contributed by atoms with Crippen molar-refractivity contribution < 1.29 is 9.13 Å². The van der Waals surface area contributed by atoms with Crippen LogP contribution in [-0.4, -0.2) is 44.2 Å². The molecule has 0 unspecified atom stereocenters. The van der Waals surface area contributed by atoms with E-state index in [1.165, 1.54) is 6.07 Å². The zero-order valence-corrected chi connectivity index (χ0v) is 17.5. The number of rotatable bonds is 6. The summed E-state index contributed by atoms with van der Waals surface area (Å²) in [4.78, 5) is 2.25. The number of anilines is 1. The van der Waals surface area contributed by atoms with Crippen molar-refractivity contribution in [3.63, 3.8) is 0 Å². The third-order valence-corrected chi connectivity index (χ3v) is 5.85. The number of hydrogen-bond donors (Lipinski definition) is 0. The molecular weight excluding hydrogens is 395 g/mol. The fourth-order valence-electron chi connectivity index (χ4n) is 4.20. The Kier molecular flexibility index (Phi) is 5.38. The second-order valence-corrected chi connectivity index (χ2v) is 7.82. The van der Waals surface area contributed by atoms with Gasteiger partial charge in [0.2, 0.25) is 0 Å². The molecule has 0 spiro atoms. The normalized spacial score (nSPS) is 15.1. The summed E-state index contributed by atoms with van der Waals surface area (Å²) in [5, 5.41) is 14.2. The first-order chi connectivity index (χ1) is 15.2. The summed E-state index contributed by atoms with van der Waals surface area (Å²) in [5.74, 6) is 1.36. The minimum Gasteiger partial charge on any atom is -0.377 e. The van der Waals surface area contributed by atoms with E-state index >= 15 is 0 Å². The van der Waals surface area contributed by atoms with Crippen molar-refractivity contribution in [1.29, 1.82) is 0 Å². The van der Waals surface area contributed by atoms with Crippen LogP contribution in [0.5, 0.6) is 0 Å². The fraction of sp³-hybridized carbons (Fsp3) is 0.348. The second kappa shape index (κ2) is 8.47. The Labute approximate surface area is 180 Å². The van der Waals surface area contributed by atoms with Crippen molar-refractivity contribution in [2.45, 2.75) is 32.4 Å². The van der Waals surface area contributed by atoms with Gasteiger partial charge in [0.1, 0.15) is 5.82 Å². The number of halogens is 1. The number of piperidine rings is 1. The predicted octanol–water partition coefficient (Wildman–Crippen LogP) is 4.13. The highest BCUT2D eigenvalue weighted by Gasteiger charge is 2.22. The molecule has 3 aromatic heterocycles. The molecule has 1 aromatic carbocycles. The van der Waals surface area contributed by atoms with E-state index in [1.54, 1.807) is 16.9 Å². The van der Waals surface area contributed by atoms with Gasteiger partial charge in [-0.05, 0) is 61.5 Å². The lowest BCUT2D eigenvalue weighted by Gasteiger charge is -2.33. The molecule has 1 aliphatic heterocycles. The van der Waals surface area contributed by atoms with E-state index in [-0.39, 0.29) is 5.82 Å². The van der Waals surface area contributed by atoms with Gasteiger partial charge < -0.3 is 14.2 Å². The zero-order valence-electron chi connectivity index (χ0n) is 17.5. The Morgan fingerprint density at radius 1 is 1.06 bits per heavy atom. The molecule has 8 heteroatoms. The van der Waals surface area contributed by atoms with Crippen molar-refractivity contribution in [2.75, 3.05) is 24.6 Å². The number of hydrogen-bond acceptors (Lipinski definition) is 5. The van der Waals surface area contributed by atoms with Gasteiger partial charge in [-0.25, -0.2) is 9.07 Å². The highest BCUT2D eigenvalue weighted by molar-refractivity contribution is 5.80. The molecule has 0 atom stereocenters. The Balaban J connectivity index is 1.24. The van der Waals surface area contributed by atoms with Gasteiger partial charge in [-0.3, -0.25) is 0 Å². The molecule has 5 rings (SSSR count). The molecule has 1 saturated heterocycles. The van der Waals surface area contributed by atoms with Gasteiger partial charge in [-0.15, -0.1) is 10.2 Å². The SMILES string of the molecule is CCOCc1cnn(-c2ccc(N3CCC(n4ccc5ccc(F)cc54)CC3)nn2)c1. The molecule has 1 fully saturated rings. The van der Waals surface area contributed by atoms with Crippen LogP contribution in [0.4, 0.5) is 10.2 Å². The topological polar surface area (TPSA) is 61.0 Å².